The highest BCUT2D eigenvalue weighted by atomic mass is 16.5. The van der Waals surface area contributed by atoms with E-state index in [-0.39, 0.29) is 24.5 Å². The Morgan fingerprint density at radius 3 is 3.10 bits per heavy atom. The first kappa shape index (κ1) is 14.5. The van der Waals surface area contributed by atoms with Crippen LogP contribution in [0.2, 0.25) is 0 Å². The predicted molar refractivity (Wildman–Crippen MR) is 72.8 cm³/mol. The standard InChI is InChI=1S/C13H20N4O3/c1-2-10-9(4-3-7-20-10)13(19)15-12-5-6-17(16-12)8-11(14)18/h5-6,9-10H,2-4,7-8H2,1H3,(H2,14,18)(H,15,16,19)/t9-,10+/m0/s1. The van der Waals surface area contributed by atoms with E-state index in [0.717, 1.165) is 25.9 Å². The number of nitrogens with two attached hydrogens (primary N) is 1. The summed E-state index contributed by atoms with van der Waals surface area (Å²) in [5, 5.41) is 6.85. The first-order valence-electron chi connectivity index (χ1n) is 6.84. The van der Waals surface area contributed by atoms with Crippen molar-refractivity contribution in [1.82, 2.24) is 9.78 Å². The predicted octanol–water partition coefficient (Wildman–Crippen LogP) is 0.512. The van der Waals surface area contributed by atoms with E-state index < -0.39 is 5.91 Å². The Morgan fingerprint density at radius 2 is 2.40 bits per heavy atom. The number of aromatic nitrogens is 2. The molecule has 0 bridgehead atoms. The molecule has 2 heterocycles. The molecule has 2 atom stereocenters. The van der Waals surface area contributed by atoms with E-state index in [0.29, 0.717) is 5.82 Å². The van der Waals surface area contributed by atoms with Crippen LogP contribution in [0.5, 0.6) is 0 Å². The second-order valence-electron chi connectivity index (χ2n) is 4.92. The van der Waals surface area contributed by atoms with Gasteiger partial charge in [-0.2, -0.15) is 5.10 Å². The Bertz CT molecular complexity index is 486. The van der Waals surface area contributed by atoms with Crippen molar-refractivity contribution in [2.75, 3.05) is 11.9 Å². The van der Waals surface area contributed by atoms with Gasteiger partial charge in [0.15, 0.2) is 5.82 Å². The Labute approximate surface area is 117 Å². The maximum Gasteiger partial charge on any atom is 0.239 e. The van der Waals surface area contributed by atoms with Gasteiger partial charge in [0.2, 0.25) is 11.8 Å². The summed E-state index contributed by atoms with van der Waals surface area (Å²) in [6.07, 6.45) is 4.11. The fraction of sp³-hybridized carbons (Fsp3) is 0.615. The van der Waals surface area contributed by atoms with Gasteiger partial charge in [-0.3, -0.25) is 14.3 Å². The molecule has 20 heavy (non-hydrogen) atoms. The molecule has 2 rings (SSSR count). The third-order valence-electron chi connectivity index (χ3n) is 3.39. The number of hydrogen-bond donors (Lipinski definition) is 2. The number of nitrogens with zero attached hydrogens (tertiary/aromatic N) is 2. The van der Waals surface area contributed by atoms with Crippen molar-refractivity contribution < 1.29 is 14.3 Å². The van der Waals surface area contributed by atoms with Gasteiger partial charge in [0.05, 0.1) is 12.0 Å². The summed E-state index contributed by atoms with van der Waals surface area (Å²) >= 11 is 0. The summed E-state index contributed by atoms with van der Waals surface area (Å²) in [6, 6.07) is 1.64. The number of anilines is 1. The van der Waals surface area contributed by atoms with Crippen molar-refractivity contribution in [2.45, 2.75) is 38.8 Å². The normalized spacial score (nSPS) is 22.4. The van der Waals surface area contributed by atoms with Crippen LogP contribution in [0.25, 0.3) is 0 Å². The van der Waals surface area contributed by atoms with Crippen LogP contribution < -0.4 is 11.1 Å². The largest absolute Gasteiger partial charge is 0.377 e. The number of carbonyl (C=O) groups excluding carboxylic acids is 2. The average Bonchev–Trinajstić information content (AvgIpc) is 2.85. The Morgan fingerprint density at radius 1 is 1.60 bits per heavy atom. The average molecular weight is 280 g/mol. The number of ether oxygens (including phenoxy) is 1. The van der Waals surface area contributed by atoms with Crippen LogP contribution in [0.1, 0.15) is 26.2 Å². The molecule has 0 unspecified atom stereocenters. The molecule has 1 aliphatic rings. The van der Waals surface area contributed by atoms with Crippen LogP contribution in [0.4, 0.5) is 5.82 Å². The number of carbonyl (C=O) groups is 2. The molecule has 1 aromatic rings. The Kier molecular flexibility index (Phi) is 4.73. The van der Waals surface area contributed by atoms with Crippen molar-refractivity contribution in [2.24, 2.45) is 11.7 Å². The van der Waals surface area contributed by atoms with Gasteiger partial charge in [0, 0.05) is 18.9 Å². The van der Waals surface area contributed by atoms with Crippen molar-refractivity contribution in [3.8, 4) is 0 Å². The van der Waals surface area contributed by atoms with Gasteiger partial charge < -0.3 is 15.8 Å². The van der Waals surface area contributed by atoms with Crippen molar-refractivity contribution in [3.63, 3.8) is 0 Å². The molecule has 1 aromatic heterocycles. The molecule has 1 saturated heterocycles. The summed E-state index contributed by atoms with van der Waals surface area (Å²) in [5.74, 6) is -0.273. The minimum atomic E-state index is -0.474. The topological polar surface area (TPSA) is 99.2 Å². The molecular formula is C13H20N4O3. The van der Waals surface area contributed by atoms with Gasteiger partial charge in [0.1, 0.15) is 6.54 Å². The van der Waals surface area contributed by atoms with Crippen LogP contribution in [-0.4, -0.2) is 34.3 Å². The van der Waals surface area contributed by atoms with Gasteiger partial charge >= 0.3 is 0 Å². The molecule has 0 radical (unpaired) electrons. The second-order valence-corrected chi connectivity index (χ2v) is 4.92. The summed E-state index contributed by atoms with van der Waals surface area (Å²) in [5.41, 5.74) is 5.08. The highest BCUT2D eigenvalue weighted by Gasteiger charge is 2.30. The number of primary amides is 1. The third kappa shape index (κ3) is 3.57. The summed E-state index contributed by atoms with van der Waals surface area (Å²) in [4.78, 5) is 23.0. The van der Waals surface area contributed by atoms with Crippen molar-refractivity contribution in [3.05, 3.63) is 12.3 Å². The lowest BCUT2D eigenvalue weighted by atomic mass is 9.92. The number of nitrogens with one attached hydrogen (secondary N) is 1. The number of amides is 2. The molecular weight excluding hydrogens is 260 g/mol. The highest BCUT2D eigenvalue weighted by molar-refractivity contribution is 5.92. The first-order chi connectivity index (χ1) is 9.60. The maximum absolute atomic E-state index is 12.2. The minimum Gasteiger partial charge on any atom is -0.377 e. The van der Waals surface area contributed by atoms with Crippen LogP contribution in [0.15, 0.2) is 12.3 Å². The van der Waals surface area contributed by atoms with Crippen LogP contribution in [0.3, 0.4) is 0 Å². The quantitative estimate of drug-likeness (QED) is 0.821. The van der Waals surface area contributed by atoms with E-state index >= 15 is 0 Å². The van der Waals surface area contributed by atoms with Gasteiger partial charge in [-0.25, -0.2) is 0 Å². The number of rotatable bonds is 5. The minimum absolute atomic E-state index is 0.00000480. The maximum atomic E-state index is 12.2. The lowest BCUT2D eigenvalue weighted by Crippen LogP contribution is -2.37. The smallest absolute Gasteiger partial charge is 0.239 e. The van der Waals surface area contributed by atoms with Gasteiger partial charge in [0.25, 0.3) is 0 Å². The SMILES string of the molecule is CC[C@H]1OCCC[C@@H]1C(=O)Nc1ccn(CC(N)=O)n1. The van der Waals surface area contributed by atoms with Crippen LogP contribution in [0, 0.1) is 5.92 Å². The zero-order valence-electron chi connectivity index (χ0n) is 11.5. The molecule has 0 spiro atoms. The molecule has 0 aromatic carbocycles. The first-order valence-corrected chi connectivity index (χ1v) is 6.84. The fourth-order valence-electron chi connectivity index (χ4n) is 2.44. The van der Waals surface area contributed by atoms with E-state index in [1.165, 1.54) is 4.68 Å². The molecule has 7 heteroatoms. The monoisotopic (exact) mass is 280 g/mol. The van der Waals surface area contributed by atoms with E-state index in [2.05, 4.69) is 10.4 Å². The van der Waals surface area contributed by atoms with E-state index in [4.69, 9.17) is 10.5 Å². The fourth-order valence-corrected chi connectivity index (χ4v) is 2.44. The Hall–Kier alpha value is -1.89. The van der Waals surface area contributed by atoms with Crippen LogP contribution >= 0.6 is 0 Å². The molecule has 1 fully saturated rings. The molecule has 7 nitrogen and oxygen atoms in total. The molecule has 0 saturated carbocycles. The van der Waals surface area contributed by atoms with Gasteiger partial charge in [-0.15, -0.1) is 0 Å². The van der Waals surface area contributed by atoms with Crippen LogP contribution in [-0.2, 0) is 20.9 Å². The van der Waals surface area contributed by atoms with E-state index in [1.54, 1.807) is 12.3 Å². The zero-order valence-corrected chi connectivity index (χ0v) is 11.5. The number of hydrogen-bond acceptors (Lipinski definition) is 4. The van der Waals surface area contributed by atoms with E-state index in [9.17, 15) is 9.59 Å². The lowest BCUT2D eigenvalue weighted by molar-refractivity contribution is -0.129. The second kappa shape index (κ2) is 6.51. The lowest BCUT2D eigenvalue weighted by Gasteiger charge is -2.29. The Balaban J connectivity index is 1.96. The zero-order chi connectivity index (χ0) is 14.5. The molecule has 110 valence electrons. The highest BCUT2D eigenvalue weighted by Crippen LogP contribution is 2.24. The summed E-state index contributed by atoms with van der Waals surface area (Å²) in [6.45, 7) is 2.73. The van der Waals surface area contributed by atoms with Crippen molar-refractivity contribution in [1.29, 1.82) is 0 Å². The summed E-state index contributed by atoms with van der Waals surface area (Å²) < 4.78 is 7.00. The third-order valence-corrected chi connectivity index (χ3v) is 3.39. The molecule has 0 aliphatic carbocycles. The molecule has 1 aliphatic heterocycles. The molecule has 3 N–H and O–H groups in total. The van der Waals surface area contributed by atoms with Gasteiger partial charge in [-0.05, 0) is 19.3 Å². The summed E-state index contributed by atoms with van der Waals surface area (Å²) in [7, 11) is 0. The molecule has 2 amide bonds. The van der Waals surface area contributed by atoms with Gasteiger partial charge in [-0.1, -0.05) is 6.92 Å². The van der Waals surface area contributed by atoms with Crippen molar-refractivity contribution >= 4 is 17.6 Å². The van der Waals surface area contributed by atoms with E-state index in [1.807, 2.05) is 6.92 Å².